The van der Waals surface area contributed by atoms with Gasteiger partial charge in [-0.1, -0.05) is 41.6 Å². The average Bonchev–Trinajstić information content (AvgIpc) is 3.15. The van der Waals surface area contributed by atoms with Gasteiger partial charge in [0.2, 0.25) is 11.8 Å². The zero-order valence-electron chi connectivity index (χ0n) is 16.9. The van der Waals surface area contributed by atoms with Gasteiger partial charge in [-0.2, -0.15) is 0 Å². The van der Waals surface area contributed by atoms with Crippen molar-refractivity contribution in [1.29, 1.82) is 0 Å². The number of anilines is 2. The van der Waals surface area contributed by atoms with Gasteiger partial charge in [0.05, 0.1) is 27.8 Å². The maximum Gasteiger partial charge on any atom is 0.271 e. The molecule has 10 nitrogen and oxygen atoms in total. The number of benzene rings is 2. The maximum atomic E-state index is 12.3. The van der Waals surface area contributed by atoms with E-state index < -0.39 is 10.8 Å². The smallest absolute Gasteiger partial charge is 0.271 e. The van der Waals surface area contributed by atoms with E-state index in [0.29, 0.717) is 23.2 Å². The van der Waals surface area contributed by atoms with Crippen molar-refractivity contribution in [2.24, 2.45) is 0 Å². The zero-order valence-corrected chi connectivity index (χ0v) is 18.5. The number of nitrogens with one attached hydrogen (secondary N) is 2. The second-order valence-corrected chi connectivity index (χ2v) is 7.84. The van der Waals surface area contributed by atoms with E-state index in [1.807, 2.05) is 25.1 Å². The van der Waals surface area contributed by atoms with Crippen molar-refractivity contribution in [2.45, 2.75) is 25.0 Å². The molecule has 32 heavy (non-hydrogen) atoms. The first-order valence-corrected chi connectivity index (χ1v) is 10.9. The predicted molar refractivity (Wildman–Crippen MR) is 122 cm³/mol. The summed E-state index contributed by atoms with van der Waals surface area (Å²) in [5.41, 5.74) is 0.661. The van der Waals surface area contributed by atoms with Crippen LogP contribution in [0.1, 0.15) is 12.7 Å². The van der Waals surface area contributed by atoms with Crippen molar-refractivity contribution in [3.63, 3.8) is 0 Å². The summed E-state index contributed by atoms with van der Waals surface area (Å²) < 4.78 is 1.75. The lowest BCUT2D eigenvalue weighted by Crippen LogP contribution is -2.18. The highest BCUT2D eigenvalue weighted by Gasteiger charge is 2.17. The van der Waals surface area contributed by atoms with Crippen molar-refractivity contribution < 1.29 is 14.5 Å². The molecule has 0 aliphatic heterocycles. The number of non-ortho nitro benzene ring substituents is 1. The largest absolute Gasteiger partial charge is 0.326 e. The molecule has 1 aromatic heterocycles. The first-order chi connectivity index (χ1) is 15.4. The molecule has 1 heterocycles. The Balaban J connectivity index is 1.60. The molecule has 12 heteroatoms. The molecular weight excluding hydrogens is 456 g/mol. The molecule has 0 saturated carbocycles. The van der Waals surface area contributed by atoms with E-state index in [2.05, 4.69) is 20.8 Å². The van der Waals surface area contributed by atoms with Gasteiger partial charge in [-0.05, 0) is 25.1 Å². The van der Waals surface area contributed by atoms with E-state index in [1.165, 1.54) is 18.2 Å². The molecule has 0 atom stereocenters. The first kappa shape index (κ1) is 23.2. The summed E-state index contributed by atoms with van der Waals surface area (Å²) in [5.74, 6) is -0.183. The third-order valence-electron chi connectivity index (χ3n) is 4.25. The summed E-state index contributed by atoms with van der Waals surface area (Å²) >= 11 is 7.15. The molecule has 0 unspecified atom stereocenters. The number of amides is 2. The van der Waals surface area contributed by atoms with Crippen LogP contribution in [0.4, 0.5) is 17.1 Å². The number of carbonyl (C=O) groups is 2. The number of nitro benzene ring substituents is 1. The SMILES string of the molecule is CCn1c(CC(=O)Nc2ccccc2)nnc1SCC(=O)Nc1cc([N+](=O)[O-])ccc1Cl. The van der Waals surface area contributed by atoms with Crippen molar-refractivity contribution in [2.75, 3.05) is 16.4 Å². The van der Waals surface area contributed by atoms with E-state index in [-0.39, 0.29) is 34.5 Å². The minimum Gasteiger partial charge on any atom is -0.326 e. The second kappa shape index (κ2) is 10.7. The number of para-hydroxylation sites is 1. The number of rotatable bonds is 9. The molecule has 2 amide bonds. The van der Waals surface area contributed by atoms with Gasteiger partial charge in [-0.3, -0.25) is 19.7 Å². The highest BCUT2D eigenvalue weighted by Crippen LogP contribution is 2.27. The van der Waals surface area contributed by atoms with Crippen molar-refractivity contribution in [3.05, 3.63) is 69.5 Å². The minimum atomic E-state index is -0.570. The Bertz CT molecular complexity index is 1140. The summed E-state index contributed by atoms with van der Waals surface area (Å²) in [6, 6.07) is 12.9. The van der Waals surface area contributed by atoms with Gasteiger partial charge in [-0.25, -0.2) is 0 Å². The molecule has 0 radical (unpaired) electrons. The average molecular weight is 475 g/mol. The van der Waals surface area contributed by atoms with E-state index in [0.717, 1.165) is 11.8 Å². The normalized spacial score (nSPS) is 10.6. The molecule has 0 saturated heterocycles. The molecule has 2 aromatic carbocycles. The third-order valence-corrected chi connectivity index (χ3v) is 5.55. The quantitative estimate of drug-likeness (QED) is 0.274. The molecule has 0 aliphatic rings. The summed E-state index contributed by atoms with van der Waals surface area (Å²) in [5, 5.41) is 25.1. The first-order valence-electron chi connectivity index (χ1n) is 9.51. The van der Waals surface area contributed by atoms with Crippen LogP contribution >= 0.6 is 23.4 Å². The lowest BCUT2D eigenvalue weighted by Gasteiger charge is -2.09. The van der Waals surface area contributed by atoms with Crippen LogP contribution in [0, 0.1) is 10.1 Å². The minimum absolute atomic E-state index is 0.0205. The Labute approximate surface area is 192 Å². The molecule has 0 spiro atoms. The van der Waals surface area contributed by atoms with Gasteiger partial charge < -0.3 is 15.2 Å². The summed E-state index contributed by atoms with van der Waals surface area (Å²) in [4.78, 5) is 35.0. The standard InChI is InChI=1S/C20H19ClN6O4S/c1-2-26-17(11-18(28)22-13-6-4-3-5-7-13)24-25-20(26)32-12-19(29)23-16-10-14(27(30)31)8-9-15(16)21/h3-10H,2,11-12H2,1H3,(H,22,28)(H,23,29). The van der Waals surface area contributed by atoms with Crippen molar-refractivity contribution in [1.82, 2.24) is 14.8 Å². The zero-order chi connectivity index (χ0) is 23.1. The molecule has 3 aromatic rings. The van der Waals surface area contributed by atoms with Gasteiger partial charge in [0.15, 0.2) is 5.16 Å². The number of hydrogen-bond donors (Lipinski definition) is 2. The van der Waals surface area contributed by atoms with Gasteiger partial charge in [0, 0.05) is 24.4 Å². The van der Waals surface area contributed by atoms with Gasteiger partial charge >= 0.3 is 0 Å². The number of nitrogens with zero attached hydrogens (tertiary/aromatic N) is 4. The van der Waals surface area contributed by atoms with Crippen LogP contribution in [0.2, 0.25) is 5.02 Å². The third kappa shape index (κ3) is 6.05. The van der Waals surface area contributed by atoms with Gasteiger partial charge in [0.1, 0.15) is 5.82 Å². The van der Waals surface area contributed by atoms with Crippen LogP contribution in [-0.4, -0.2) is 37.3 Å². The van der Waals surface area contributed by atoms with E-state index >= 15 is 0 Å². The molecule has 166 valence electrons. The number of aromatic nitrogens is 3. The molecule has 0 aliphatic carbocycles. The summed E-state index contributed by atoms with van der Waals surface area (Å²) in [6.07, 6.45) is 0.0335. The topological polar surface area (TPSA) is 132 Å². The Kier molecular flexibility index (Phi) is 7.79. The Morgan fingerprint density at radius 3 is 2.56 bits per heavy atom. The molecule has 0 fully saturated rings. The van der Waals surface area contributed by atoms with Crippen LogP contribution in [0.15, 0.2) is 53.7 Å². The van der Waals surface area contributed by atoms with Crippen molar-refractivity contribution in [3.8, 4) is 0 Å². The number of thioether (sulfide) groups is 1. The van der Waals surface area contributed by atoms with Crippen LogP contribution in [0.5, 0.6) is 0 Å². The lowest BCUT2D eigenvalue weighted by atomic mass is 10.3. The fourth-order valence-electron chi connectivity index (χ4n) is 2.78. The monoisotopic (exact) mass is 474 g/mol. The second-order valence-electron chi connectivity index (χ2n) is 6.49. The molecular formula is C20H19ClN6O4S. The predicted octanol–water partition coefficient (Wildman–Crippen LogP) is 3.77. The lowest BCUT2D eigenvalue weighted by molar-refractivity contribution is -0.384. The fourth-order valence-corrected chi connectivity index (χ4v) is 3.77. The number of halogens is 1. The molecule has 3 rings (SSSR count). The van der Waals surface area contributed by atoms with E-state index in [9.17, 15) is 19.7 Å². The van der Waals surface area contributed by atoms with Crippen LogP contribution in [0.3, 0.4) is 0 Å². The summed E-state index contributed by atoms with van der Waals surface area (Å²) in [6.45, 7) is 2.40. The van der Waals surface area contributed by atoms with Gasteiger partial charge in [-0.15, -0.1) is 10.2 Å². The fraction of sp³-hybridized carbons (Fsp3) is 0.200. The highest BCUT2D eigenvalue weighted by molar-refractivity contribution is 7.99. The maximum absolute atomic E-state index is 12.3. The van der Waals surface area contributed by atoms with Gasteiger partial charge in [0.25, 0.3) is 5.69 Å². The number of nitro groups is 1. The highest BCUT2D eigenvalue weighted by atomic mass is 35.5. The number of carbonyl (C=O) groups excluding carboxylic acids is 2. The Hall–Kier alpha value is -3.44. The summed E-state index contributed by atoms with van der Waals surface area (Å²) in [7, 11) is 0. The molecule has 0 bridgehead atoms. The number of hydrogen-bond acceptors (Lipinski definition) is 7. The van der Waals surface area contributed by atoms with E-state index in [1.54, 1.807) is 16.7 Å². The Morgan fingerprint density at radius 1 is 1.12 bits per heavy atom. The van der Waals surface area contributed by atoms with Crippen LogP contribution in [0.25, 0.3) is 0 Å². The van der Waals surface area contributed by atoms with Crippen LogP contribution in [-0.2, 0) is 22.6 Å². The molecule has 2 N–H and O–H groups in total. The Morgan fingerprint density at radius 2 is 1.88 bits per heavy atom. The van der Waals surface area contributed by atoms with Crippen molar-refractivity contribution >= 4 is 52.2 Å². The van der Waals surface area contributed by atoms with Crippen LogP contribution < -0.4 is 10.6 Å². The van der Waals surface area contributed by atoms with E-state index in [4.69, 9.17) is 11.6 Å².